The number of anilines is 1. The lowest BCUT2D eigenvalue weighted by molar-refractivity contribution is -0.120. The molecule has 0 aliphatic carbocycles. The molecule has 0 radical (unpaired) electrons. The van der Waals surface area contributed by atoms with Crippen molar-refractivity contribution in [2.75, 3.05) is 18.4 Å². The molecule has 1 heterocycles. The van der Waals surface area contributed by atoms with Gasteiger partial charge in [-0.2, -0.15) is 5.26 Å². The summed E-state index contributed by atoms with van der Waals surface area (Å²) < 4.78 is 0. The number of carbonyl (C=O) groups excluding carboxylic acids is 1. The van der Waals surface area contributed by atoms with Crippen molar-refractivity contribution in [3.8, 4) is 6.07 Å². The monoisotopic (exact) mass is 285 g/mol. The molecule has 0 spiro atoms. The van der Waals surface area contributed by atoms with Gasteiger partial charge >= 0.3 is 0 Å². The van der Waals surface area contributed by atoms with Crippen molar-refractivity contribution in [3.05, 3.63) is 29.8 Å². The molecule has 1 aliphatic heterocycles. The second-order valence-electron chi connectivity index (χ2n) is 5.63. The maximum atomic E-state index is 12.4. The Hall–Kier alpha value is -1.86. The first-order valence-electron chi connectivity index (χ1n) is 7.76. The molecular weight excluding hydrogens is 262 g/mol. The Balaban J connectivity index is 2.00. The molecule has 0 aromatic heterocycles. The Bertz CT molecular complexity index is 513. The van der Waals surface area contributed by atoms with Crippen molar-refractivity contribution in [3.63, 3.8) is 0 Å². The highest BCUT2D eigenvalue weighted by atomic mass is 16.2. The number of benzene rings is 1. The van der Waals surface area contributed by atoms with Gasteiger partial charge in [0.25, 0.3) is 0 Å². The van der Waals surface area contributed by atoms with Crippen molar-refractivity contribution >= 4 is 11.6 Å². The zero-order valence-electron chi connectivity index (χ0n) is 12.6. The van der Waals surface area contributed by atoms with Crippen LogP contribution in [0.25, 0.3) is 0 Å². The third-order valence-corrected chi connectivity index (χ3v) is 4.12. The standard InChI is InChI=1S/C17H23N3O/c1-14(20-11-7-3-2-4-8-12-20)17(21)19-16-10-6-5-9-15(16)13-18/h5-6,9-10,14H,2-4,7-8,11-12H2,1H3,(H,19,21)/t14-/m1/s1. The Labute approximate surface area is 126 Å². The van der Waals surface area contributed by atoms with E-state index >= 15 is 0 Å². The molecule has 1 saturated heterocycles. The van der Waals surface area contributed by atoms with Crippen LogP contribution in [0.15, 0.2) is 24.3 Å². The third-order valence-electron chi connectivity index (χ3n) is 4.12. The molecule has 0 saturated carbocycles. The molecular formula is C17H23N3O. The second kappa shape index (κ2) is 7.80. The van der Waals surface area contributed by atoms with Crippen LogP contribution < -0.4 is 5.32 Å². The first kappa shape index (κ1) is 15.5. The number of para-hydroxylation sites is 1. The molecule has 1 amide bonds. The summed E-state index contributed by atoms with van der Waals surface area (Å²) in [6, 6.07) is 9.08. The molecule has 1 fully saturated rings. The fraction of sp³-hybridized carbons (Fsp3) is 0.529. The number of nitrogens with zero attached hydrogens (tertiary/aromatic N) is 2. The number of likely N-dealkylation sites (tertiary alicyclic amines) is 1. The predicted octanol–water partition coefficient (Wildman–Crippen LogP) is 3.15. The molecule has 21 heavy (non-hydrogen) atoms. The van der Waals surface area contributed by atoms with Gasteiger partial charge in [0.05, 0.1) is 17.3 Å². The van der Waals surface area contributed by atoms with E-state index in [-0.39, 0.29) is 11.9 Å². The minimum atomic E-state index is -0.158. The molecule has 112 valence electrons. The van der Waals surface area contributed by atoms with Gasteiger partial charge in [0.2, 0.25) is 5.91 Å². The van der Waals surface area contributed by atoms with Gasteiger partial charge < -0.3 is 5.32 Å². The van der Waals surface area contributed by atoms with E-state index in [1.807, 2.05) is 13.0 Å². The number of amides is 1. The summed E-state index contributed by atoms with van der Waals surface area (Å²) in [6.07, 6.45) is 6.13. The number of nitriles is 1. The van der Waals surface area contributed by atoms with Gasteiger partial charge in [0, 0.05) is 0 Å². The fourth-order valence-electron chi connectivity index (χ4n) is 2.75. The third kappa shape index (κ3) is 4.30. The normalized spacial score (nSPS) is 18.1. The maximum absolute atomic E-state index is 12.4. The molecule has 1 atom stereocenters. The molecule has 1 N–H and O–H groups in total. The minimum absolute atomic E-state index is 0.0294. The smallest absolute Gasteiger partial charge is 0.241 e. The summed E-state index contributed by atoms with van der Waals surface area (Å²) in [7, 11) is 0. The molecule has 1 aromatic carbocycles. The van der Waals surface area contributed by atoms with E-state index in [0.717, 1.165) is 25.9 Å². The van der Waals surface area contributed by atoms with E-state index in [4.69, 9.17) is 5.26 Å². The van der Waals surface area contributed by atoms with E-state index in [9.17, 15) is 4.79 Å². The van der Waals surface area contributed by atoms with Crippen LogP contribution >= 0.6 is 0 Å². The first-order valence-corrected chi connectivity index (χ1v) is 7.76. The van der Waals surface area contributed by atoms with Crippen molar-refractivity contribution in [2.45, 2.75) is 45.1 Å². The maximum Gasteiger partial charge on any atom is 0.241 e. The van der Waals surface area contributed by atoms with E-state index < -0.39 is 0 Å². The number of rotatable bonds is 3. The first-order chi connectivity index (χ1) is 10.2. The van der Waals surface area contributed by atoms with Gasteiger partial charge in [-0.05, 0) is 45.0 Å². The van der Waals surface area contributed by atoms with E-state index in [1.165, 1.54) is 19.3 Å². The van der Waals surface area contributed by atoms with Gasteiger partial charge in [-0.15, -0.1) is 0 Å². The van der Waals surface area contributed by atoms with E-state index in [1.54, 1.807) is 18.2 Å². The van der Waals surface area contributed by atoms with Crippen LogP contribution in [0, 0.1) is 11.3 Å². The number of carbonyl (C=O) groups is 1. The summed E-state index contributed by atoms with van der Waals surface area (Å²) in [5.41, 5.74) is 1.11. The van der Waals surface area contributed by atoms with Crippen LogP contribution in [0.1, 0.15) is 44.6 Å². The van der Waals surface area contributed by atoms with E-state index in [2.05, 4.69) is 16.3 Å². The highest BCUT2D eigenvalue weighted by molar-refractivity contribution is 5.95. The van der Waals surface area contributed by atoms with Crippen molar-refractivity contribution < 1.29 is 4.79 Å². The summed E-state index contributed by atoms with van der Waals surface area (Å²) >= 11 is 0. The Morgan fingerprint density at radius 3 is 2.48 bits per heavy atom. The molecule has 1 aromatic rings. The summed E-state index contributed by atoms with van der Waals surface area (Å²) in [5.74, 6) is -0.0294. The molecule has 4 nitrogen and oxygen atoms in total. The molecule has 1 aliphatic rings. The lowest BCUT2D eigenvalue weighted by atomic mass is 10.1. The van der Waals surface area contributed by atoms with Crippen LogP contribution in [0.4, 0.5) is 5.69 Å². The lowest BCUT2D eigenvalue weighted by Gasteiger charge is -2.29. The average Bonchev–Trinajstić information content (AvgIpc) is 2.47. The van der Waals surface area contributed by atoms with Crippen LogP contribution in [0.5, 0.6) is 0 Å². The largest absolute Gasteiger partial charge is 0.324 e. The number of nitrogens with one attached hydrogen (secondary N) is 1. The zero-order valence-corrected chi connectivity index (χ0v) is 12.6. The van der Waals surface area contributed by atoms with E-state index in [0.29, 0.717) is 11.3 Å². The highest BCUT2D eigenvalue weighted by Crippen LogP contribution is 2.16. The van der Waals surface area contributed by atoms with Gasteiger partial charge in [0.1, 0.15) is 6.07 Å². The van der Waals surface area contributed by atoms with Crippen LogP contribution in [-0.4, -0.2) is 29.9 Å². The topological polar surface area (TPSA) is 56.1 Å². The Morgan fingerprint density at radius 2 is 1.81 bits per heavy atom. The van der Waals surface area contributed by atoms with Crippen molar-refractivity contribution in [1.29, 1.82) is 5.26 Å². The average molecular weight is 285 g/mol. The van der Waals surface area contributed by atoms with Gasteiger partial charge in [-0.1, -0.05) is 31.4 Å². The van der Waals surface area contributed by atoms with Gasteiger partial charge in [-0.3, -0.25) is 9.69 Å². The van der Waals surface area contributed by atoms with Crippen molar-refractivity contribution in [1.82, 2.24) is 4.90 Å². The quantitative estimate of drug-likeness (QED) is 0.928. The van der Waals surface area contributed by atoms with Gasteiger partial charge in [-0.25, -0.2) is 0 Å². The Kier molecular flexibility index (Phi) is 5.77. The SMILES string of the molecule is C[C@H](C(=O)Nc1ccccc1C#N)N1CCCCCCC1. The second-order valence-corrected chi connectivity index (χ2v) is 5.63. The van der Waals surface area contributed by atoms with Gasteiger partial charge in [0.15, 0.2) is 0 Å². The number of hydrogen-bond acceptors (Lipinski definition) is 3. The summed E-state index contributed by atoms with van der Waals surface area (Å²) in [5, 5.41) is 12.0. The molecule has 0 bridgehead atoms. The zero-order chi connectivity index (χ0) is 15.1. The fourth-order valence-corrected chi connectivity index (χ4v) is 2.75. The van der Waals surface area contributed by atoms with Crippen LogP contribution in [0.3, 0.4) is 0 Å². The summed E-state index contributed by atoms with van der Waals surface area (Å²) in [6.45, 7) is 3.91. The minimum Gasteiger partial charge on any atom is -0.324 e. The number of hydrogen-bond donors (Lipinski definition) is 1. The summed E-state index contributed by atoms with van der Waals surface area (Å²) in [4.78, 5) is 14.7. The predicted molar refractivity (Wildman–Crippen MR) is 83.9 cm³/mol. The van der Waals surface area contributed by atoms with Crippen molar-refractivity contribution in [2.24, 2.45) is 0 Å². The molecule has 0 unspecified atom stereocenters. The molecule has 4 heteroatoms. The van der Waals surface area contributed by atoms with Crippen LogP contribution in [0.2, 0.25) is 0 Å². The molecule has 2 rings (SSSR count). The Morgan fingerprint density at radius 1 is 1.19 bits per heavy atom. The van der Waals surface area contributed by atoms with Crippen LogP contribution in [-0.2, 0) is 4.79 Å². The highest BCUT2D eigenvalue weighted by Gasteiger charge is 2.22. The lowest BCUT2D eigenvalue weighted by Crippen LogP contribution is -2.43.